The molecule has 0 aliphatic carbocycles. The fourth-order valence-corrected chi connectivity index (χ4v) is 3.47. The van der Waals surface area contributed by atoms with Crippen molar-refractivity contribution in [2.24, 2.45) is 0 Å². The van der Waals surface area contributed by atoms with Crippen molar-refractivity contribution in [2.45, 2.75) is 13.8 Å². The number of ether oxygens (including phenoxy) is 2. The van der Waals surface area contributed by atoms with Crippen LogP contribution in [0.4, 0.5) is 0 Å². The molecule has 0 bridgehead atoms. The lowest BCUT2D eigenvalue weighted by Crippen LogP contribution is -2.34. The third kappa shape index (κ3) is 5.80. The van der Waals surface area contributed by atoms with E-state index >= 15 is 0 Å². The van der Waals surface area contributed by atoms with Crippen molar-refractivity contribution >= 4 is 29.9 Å². The summed E-state index contributed by atoms with van der Waals surface area (Å²) in [7, 11) is 1.96. The van der Waals surface area contributed by atoms with E-state index < -0.39 is 0 Å². The van der Waals surface area contributed by atoms with Gasteiger partial charge < -0.3 is 9.47 Å². The number of carbonyl (C=O) groups excluding carboxylic acids is 3. The molecule has 2 aromatic rings. The highest BCUT2D eigenvalue weighted by atomic mass is 16.5. The highest BCUT2D eigenvalue weighted by Gasteiger charge is 2.24. The molecular weight excluding hydrogens is 406 g/mol. The predicted octanol–water partition coefficient (Wildman–Crippen LogP) is 4.02. The summed E-state index contributed by atoms with van der Waals surface area (Å²) < 4.78 is 10.0. The Morgan fingerprint density at radius 1 is 0.781 bits per heavy atom. The van der Waals surface area contributed by atoms with Crippen LogP contribution in [0.15, 0.2) is 59.7 Å². The van der Waals surface area contributed by atoms with E-state index in [2.05, 4.69) is 4.90 Å². The monoisotopic (exact) mass is 433 g/mol. The standard InChI is InChI=1S/C26H27NO5/c1-4-31-25(29)20-10-6-18(7-11-20)14-22-16-27(3)17-23(24(22)28)15-19-8-12-21(13-9-19)26(30)32-5-2/h6-15H,4-5,16-17H2,1-3H3/b22-14+,23-15+. The fraction of sp³-hybridized carbons (Fsp3) is 0.269. The van der Waals surface area contributed by atoms with Crippen LogP contribution >= 0.6 is 0 Å². The van der Waals surface area contributed by atoms with Gasteiger partial charge in [-0.1, -0.05) is 24.3 Å². The maximum absolute atomic E-state index is 13.1. The van der Waals surface area contributed by atoms with E-state index in [1.807, 2.05) is 19.2 Å². The molecule has 1 aliphatic heterocycles. The first kappa shape index (κ1) is 23.2. The highest BCUT2D eigenvalue weighted by Crippen LogP contribution is 2.22. The first-order chi connectivity index (χ1) is 15.4. The lowest BCUT2D eigenvalue weighted by Gasteiger charge is -2.26. The van der Waals surface area contributed by atoms with Crippen LogP contribution in [0.1, 0.15) is 45.7 Å². The molecule has 166 valence electrons. The molecule has 1 heterocycles. The number of likely N-dealkylation sites (N-methyl/N-ethyl adjacent to an activating group) is 1. The number of hydrogen-bond donors (Lipinski definition) is 0. The minimum absolute atomic E-state index is 0.00737. The second-order valence-electron chi connectivity index (χ2n) is 7.53. The Balaban J connectivity index is 1.79. The minimum atomic E-state index is -0.362. The van der Waals surface area contributed by atoms with E-state index in [9.17, 15) is 14.4 Å². The predicted molar refractivity (Wildman–Crippen MR) is 123 cm³/mol. The summed E-state index contributed by atoms with van der Waals surface area (Å²) in [6.45, 7) is 5.26. The molecule has 0 aromatic heterocycles. The van der Waals surface area contributed by atoms with Gasteiger partial charge in [-0.05, 0) is 68.4 Å². The van der Waals surface area contributed by atoms with Crippen LogP contribution in [0.25, 0.3) is 12.2 Å². The maximum atomic E-state index is 13.1. The molecule has 1 aliphatic rings. The molecule has 0 N–H and O–H groups in total. The Morgan fingerprint density at radius 2 is 1.16 bits per heavy atom. The van der Waals surface area contributed by atoms with Gasteiger partial charge in [-0.2, -0.15) is 0 Å². The Bertz CT molecular complexity index is 965. The van der Waals surface area contributed by atoms with Crippen LogP contribution in [-0.4, -0.2) is 56.0 Å². The fourth-order valence-electron chi connectivity index (χ4n) is 3.47. The van der Waals surface area contributed by atoms with Crippen molar-refractivity contribution in [3.63, 3.8) is 0 Å². The largest absolute Gasteiger partial charge is 0.462 e. The zero-order chi connectivity index (χ0) is 23.1. The van der Waals surface area contributed by atoms with Crippen LogP contribution in [0.5, 0.6) is 0 Å². The second kappa shape index (κ2) is 10.7. The van der Waals surface area contributed by atoms with Gasteiger partial charge in [0, 0.05) is 24.2 Å². The number of nitrogens with zero attached hydrogens (tertiary/aromatic N) is 1. The van der Waals surface area contributed by atoms with Gasteiger partial charge in [-0.3, -0.25) is 9.69 Å². The van der Waals surface area contributed by atoms with Crippen molar-refractivity contribution in [3.05, 3.63) is 81.9 Å². The summed E-state index contributed by atoms with van der Waals surface area (Å²) in [6, 6.07) is 14.0. The van der Waals surface area contributed by atoms with Gasteiger partial charge in [0.1, 0.15) is 0 Å². The Kier molecular flexibility index (Phi) is 7.73. The van der Waals surface area contributed by atoms with Crippen molar-refractivity contribution in [3.8, 4) is 0 Å². The van der Waals surface area contributed by atoms with Gasteiger partial charge in [-0.15, -0.1) is 0 Å². The molecule has 6 nitrogen and oxygen atoms in total. The van der Waals surface area contributed by atoms with E-state index in [1.165, 1.54) is 0 Å². The molecule has 6 heteroatoms. The molecule has 0 amide bonds. The Morgan fingerprint density at radius 3 is 1.50 bits per heavy atom. The topological polar surface area (TPSA) is 72.9 Å². The van der Waals surface area contributed by atoms with E-state index in [0.717, 1.165) is 11.1 Å². The normalized spacial score (nSPS) is 16.9. The molecule has 0 spiro atoms. The molecule has 0 radical (unpaired) electrons. The summed E-state index contributed by atoms with van der Waals surface area (Å²) in [5, 5.41) is 0. The lowest BCUT2D eigenvalue weighted by molar-refractivity contribution is -0.113. The van der Waals surface area contributed by atoms with Crippen molar-refractivity contribution < 1.29 is 23.9 Å². The third-order valence-corrected chi connectivity index (χ3v) is 4.99. The molecule has 0 unspecified atom stereocenters. The second-order valence-corrected chi connectivity index (χ2v) is 7.53. The van der Waals surface area contributed by atoms with Crippen LogP contribution in [-0.2, 0) is 14.3 Å². The zero-order valence-corrected chi connectivity index (χ0v) is 18.6. The summed E-state index contributed by atoms with van der Waals surface area (Å²) in [5.74, 6) is -0.731. The molecular formula is C26H27NO5. The van der Waals surface area contributed by atoms with Crippen LogP contribution < -0.4 is 0 Å². The van der Waals surface area contributed by atoms with E-state index in [-0.39, 0.29) is 17.7 Å². The lowest BCUT2D eigenvalue weighted by atomic mass is 9.94. The van der Waals surface area contributed by atoms with Crippen LogP contribution in [0.2, 0.25) is 0 Å². The molecule has 1 saturated heterocycles. The SMILES string of the molecule is CCOC(=O)c1ccc(/C=C2\CN(C)C/C(=C\c3ccc(C(=O)OCC)cc3)C2=O)cc1. The number of benzene rings is 2. The number of Topliss-reactive ketones (excluding diaryl/α,β-unsaturated/α-hetero) is 1. The Labute approximate surface area is 188 Å². The summed E-state index contributed by atoms with van der Waals surface area (Å²) in [4.78, 5) is 38.8. The van der Waals surface area contributed by atoms with Crippen molar-refractivity contribution in [1.82, 2.24) is 4.90 Å². The number of carbonyl (C=O) groups is 3. The van der Waals surface area contributed by atoms with Crippen molar-refractivity contribution in [2.75, 3.05) is 33.4 Å². The summed E-state index contributed by atoms with van der Waals surface area (Å²) in [5.41, 5.74) is 4.00. The summed E-state index contributed by atoms with van der Waals surface area (Å²) in [6.07, 6.45) is 3.70. The number of rotatable bonds is 6. The average molecular weight is 434 g/mol. The minimum Gasteiger partial charge on any atom is -0.462 e. The van der Waals surface area contributed by atoms with Gasteiger partial charge in [-0.25, -0.2) is 9.59 Å². The molecule has 2 aromatic carbocycles. The number of ketones is 1. The number of likely N-dealkylation sites (tertiary alicyclic amines) is 1. The smallest absolute Gasteiger partial charge is 0.338 e. The first-order valence-corrected chi connectivity index (χ1v) is 10.6. The quantitative estimate of drug-likeness (QED) is 0.506. The van der Waals surface area contributed by atoms with E-state index in [1.54, 1.807) is 62.4 Å². The number of esters is 2. The molecule has 3 rings (SSSR count). The molecule has 32 heavy (non-hydrogen) atoms. The molecule has 0 saturated carbocycles. The third-order valence-electron chi connectivity index (χ3n) is 4.99. The van der Waals surface area contributed by atoms with Gasteiger partial charge in [0.25, 0.3) is 0 Å². The van der Waals surface area contributed by atoms with Gasteiger partial charge in [0.05, 0.1) is 24.3 Å². The average Bonchev–Trinajstić information content (AvgIpc) is 2.78. The molecule has 0 atom stereocenters. The zero-order valence-electron chi connectivity index (χ0n) is 18.6. The van der Waals surface area contributed by atoms with Crippen LogP contribution in [0, 0.1) is 0 Å². The highest BCUT2D eigenvalue weighted by molar-refractivity contribution is 6.14. The van der Waals surface area contributed by atoms with E-state index in [4.69, 9.17) is 9.47 Å². The number of piperidine rings is 1. The maximum Gasteiger partial charge on any atom is 0.338 e. The van der Waals surface area contributed by atoms with Gasteiger partial charge in [0.2, 0.25) is 0 Å². The van der Waals surface area contributed by atoms with Crippen LogP contribution in [0.3, 0.4) is 0 Å². The Hall–Kier alpha value is -3.51. The number of hydrogen-bond acceptors (Lipinski definition) is 6. The van der Waals surface area contributed by atoms with Crippen molar-refractivity contribution in [1.29, 1.82) is 0 Å². The first-order valence-electron chi connectivity index (χ1n) is 10.6. The van der Waals surface area contributed by atoms with Gasteiger partial charge >= 0.3 is 11.9 Å². The molecule has 1 fully saturated rings. The van der Waals surface area contributed by atoms with Gasteiger partial charge in [0.15, 0.2) is 5.78 Å². The summed E-state index contributed by atoms with van der Waals surface area (Å²) >= 11 is 0. The van der Waals surface area contributed by atoms with E-state index in [0.29, 0.717) is 48.6 Å².